The van der Waals surface area contributed by atoms with E-state index >= 15 is 0 Å². The van der Waals surface area contributed by atoms with Crippen molar-refractivity contribution in [3.05, 3.63) is 41.9 Å². The topological polar surface area (TPSA) is 83.9 Å². The molecule has 3 heterocycles. The summed E-state index contributed by atoms with van der Waals surface area (Å²) in [4.78, 5) is 31.6. The highest BCUT2D eigenvalue weighted by atomic mass is 16.2. The zero-order valence-electron chi connectivity index (χ0n) is 14.1. The maximum Gasteiger partial charge on any atom is 0.274 e. The molecule has 7 heteroatoms. The van der Waals surface area contributed by atoms with E-state index in [1.54, 1.807) is 24.8 Å². The standard InChI is InChI=1S/C17H22N6O/c1-12-9-22-15(10-21-12)17(24)23-7-3-4-13(11-23)8-14-16(18-2)20-6-5-19-14/h5-6,9-10,13H,3-4,7-8,11H2,1-2H3,(H,18,20). The molecule has 1 unspecified atom stereocenters. The molecule has 24 heavy (non-hydrogen) atoms. The van der Waals surface area contributed by atoms with E-state index in [1.165, 1.54) is 0 Å². The Morgan fingerprint density at radius 1 is 1.25 bits per heavy atom. The highest BCUT2D eigenvalue weighted by molar-refractivity contribution is 5.92. The third kappa shape index (κ3) is 3.67. The van der Waals surface area contributed by atoms with Crippen LogP contribution in [-0.4, -0.2) is 50.9 Å². The zero-order valence-corrected chi connectivity index (χ0v) is 14.1. The van der Waals surface area contributed by atoms with Gasteiger partial charge in [0.15, 0.2) is 0 Å². The zero-order chi connectivity index (χ0) is 16.9. The number of aryl methyl sites for hydroxylation is 1. The molecule has 2 aromatic heterocycles. The number of carbonyl (C=O) groups excluding carboxylic acids is 1. The monoisotopic (exact) mass is 326 g/mol. The average molecular weight is 326 g/mol. The number of amides is 1. The molecule has 2 aromatic rings. The molecule has 1 N–H and O–H groups in total. The predicted octanol–water partition coefficient (Wildman–Crippen LogP) is 1.71. The van der Waals surface area contributed by atoms with Gasteiger partial charge in [0.2, 0.25) is 0 Å². The number of rotatable bonds is 4. The number of hydrogen-bond donors (Lipinski definition) is 1. The fourth-order valence-corrected chi connectivity index (χ4v) is 3.08. The molecule has 0 aliphatic carbocycles. The van der Waals surface area contributed by atoms with E-state index in [9.17, 15) is 4.79 Å². The highest BCUT2D eigenvalue weighted by Crippen LogP contribution is 2.23. The Balaban J connectivity index is 1.68. The maximum atomic E-state index is 12.6. The Morgan fingerprint density at radius 3 is 2.83 bits per heavy atom. The van der Waals surface area contributed by atoms with Crippen molar-refractivity contribution in [2.75, 3.05) is 25.5 Å². The molecule has 0 bridgehead atoms. The number of aromatic nitrogens is 4. The van der Waals surface area contributed by atoms with E-state index in [1.807, 2.05) is 18.9 Å². The Kier molecular flexibility index (Phi) is 4.98. The molecule has 126 valence electrons. The third-order valence-electron chi connectivity index (χ3n) is 4.30. The molecule has 0 saturated carbocycles. The van der Waals surface area contributed by atoms with E-state index in [4.69, 9.17) is 0 Å². The maximum absolute atomic E-state index is 12.6. The number of piperidine rings is 1. The van der Waals surface area contributed by atoms with Gasteiger partial charge < -0.3 is 10.2 Å². The van der Waals surface area contributed by atoms with Crippen molar-refractivity contribution in [2.45, 2.75) is 26.2 Å². The van der Waals surface area contributed by atoms with E-state index in [-0.39, 0.29) is 5.91 Å². The van der Waals surface area contributed by atoms with E-state index < -0.39 is 0 Å². The lowest BCUT2D eigenvalue weighted by Gasteiger charge is -2.32. The molecule has 1 aliphatic rings. The Labute approximate surface area is 141 Å². The molecule has 1 fully saturated rings. The average Bonchev–Trinajstić information content (AvgIpc) is 2.62. The van der Waals surface area contributed by atoms with Gasteiger partial charge in [-0.2, -0.15) is 0 Å². The molecule has 1 atom stereocenters. The second-order valence-corrected chi connectivity index (χ2v) is 6.11. The SMILES string of the molecule is CNc1nccnc1CC1CCCN(C(=O)c2cnc(C)cn2)C1. The molecule has 1 aliphatic heterocycles. The number of carbonyl (C=O) groups is 1. The van der Waals surface area contributed by atoms with Crippen LogP contribution in [0.2, 0.25) is 0 Å². The van der Waals surface area contributed by atoms with E-state index in [0.717, 1.165) is 43.0 Å². The minimum Gasteiger partial charge on any atom is -0.372 e. The second-order valence-electron chi connectivity index (χ2n) is 6.11. The van der Waals surface area contributed by atoms with Crippen molar-refractivity contribution in [3.63, 3.8) is 0 Å². The second kappa shape index (κ2) is 7.33. The molecule has 7 nitrogen and oxygen atoms in total. The molecular formula is C17H22N6O. The van der Waals surface area contributed by atoms with Crippen LogP contribution >= 0.6 is 0 Å². The lowest BCUT2D eigenvalue weighted by atomic mass is 9.93. The van der Waals surface area contributed by atoms with Gasteiger partial charge in [-0.25, -0.2) is 9.97 Å². The van der Waals surface area contributed by atoms with Gasteiger partial charge in [0, 0.05) is 38.7 Å². The van der Waals surface area contributed by atoms with Gasteiger partial charge >= 0.3 is 0 Å². The van der Waals surface area contributed by atoms with Crippen LogP contribution in [0.1, 0.15) is 34.7 Å². The Hall–Kier alpha value is -2.57. The van der Waals surface area contributed by atoms with Crippen molar-refractivity contribution in [1.82, 2.24) is 24.8 Å². The molecule has 3 rings (SSSR count). The summed E-state index contributed by atoms with van der Waals surface area (Å²) in [5.74, 6) is 1.15. The van der Waals surface area contributed by atoms with Crippen molar-refractivity contribution in [3.8, 4) is 0 Å². The van der Waals surface area contributed by atoms with Crippen LogP contribution in [0.5, 0.6) is 0 Å². The van der Waals surface area contributed by atoms with Crippen molar-refractivity contribution in [1.29, 1.82) is 0 Å². The summed E-state index contributed by atoms with van der Waals surface area (Å²) in [6.45, 7) is 3.34. The van der Waals surface area contributed by atoms with Gasteiger partial charge in [-0.05, 0) is 32.1 Å². The highest BCUT2D eigenvalue weighted by Gasteiger charge is 2.26. The van der Waals surface area contributed by atoms with Gasteiger partial charge in [-0.3, -0.25) is 14.8 Å². The number of nitrogens with zero attached hydrogens (tertiary/aromatic N) is 5. The fraction of sp³-hybridized carbons (Fsp3) is 0.471. The lowest BCUT2D eigenvalue weighted by molar-refractivity contribution is 0.0666. The van der Waals surface area contributed by atoms with Crippen molar-refractivity contribution in [2.24, 2.45) is 5.92 Å². The Morgan fingerprint density at radius 2 is 2.08 bits per heavy atom. The van der Waals surface area contributed by atoms with Gasteiger partial charge in [0.05, 0.1) is 17.6 Å². The number of nitrogens with one attached hydrogen (secondary N) is 1. The summed E-state index contributed by atoms with van der Waals surface area (Å²) in [5.41, 5.74) is 2.18. The summed E-state index contributed by atoms with van der Waals surface area (Å²) in [6.07, 6.45) is 9.48. The first-order chi connectivity index (χ1) is 11.7. The van der Waals surface area contributed by atoms with Gasteiger partial charge in [-0.15, -0.1) is 0 Å². The van der Waals surface area contributed by atoms with Crippen LogP contribution in [0.15, 0.2) is 24.8 Å². The summed E-state index contributed by atoms with van der Waals surface area (Å²) in [6, 6.07) is 0. The fourth-order valence-electron chi connectivity index (χ4n) is 3.08. The normalized spacial score (nSPS) is 17.6. The van der Waals surface area contributed by atoms with Crippen LogP contribution < -0.4 is 5.32 Å². The summed E-state index contributed by atoms with van der Waals surface area (Å²) in [5, 5.41) is 3.08. The lowest BCUT2D eigenvalue weighted by Crippen LogP contribution is -2.41. The first-order valence-electron chi connectivity index (χ1n) is 8.23. The molecule has 1 amide bonds. The van der Waals surface area contributed by atoms with Gasteiger partial charge in [0.25, 0.3) is 5.91 Å². The summed E-state index contributed by atoms with van der Waals surface area (Å²) in [7, 11) is 1.85. The van der Waals surface area contributed by atoms with Gasteiger partial charge in [0.1, 0.15) is 11.5 Å². The molecule has 0 radical (unpaired) electrons. The quantitative estimate of drug-likeness (QED) is 0.921. The van der Waals surface area contributed by atoms with Crippen LogP contribution in [0, 0.1) is 12.8 Å². The van der Waals surface area contributed by atoms with Gasteiger partial charge in [-0.1, -0.05) is 0 Å². The van der Waals surface area contributed by atoms with Crippen LogP contribution in [0.4, 0.5) is 5.82 Å². The first kappa shape index (κ1) is 16.3. The van der Waals surface area contributed by atoms with Crippen LogP contribution in [-0.2, 0) is 6.42 Å². The molecule has 1 saturated heterocycles. The van der Waals surface area contributed by atoms with Crippen LogP contribution in [0.25, 0.3) is 0 Å². The predicted molar refractivity (Wildman–Crippen MR) is 90.7 cm³/mol. The smallest absolute Gasteiger partial charge is 0.274 e. The van der Waals surface area contributed by atoms with Crippen molar-refractivity contribution < 1.29 is 4.79 Å². The first-order valence-corrected chi connectivity index (χ1v) is 8.23. The van der Waals surface area contributed by atoms with Crippen LogP contribution in [0.3, 0.4) is 0 Å². The number of hydrogen-bond acceptors (Lipinski definition) is 6. The summed E-state index contributed by atoms with van der Waals surface area (Å²) < 4.78 is 0. The summed E-state index contributed by atoms with van der Waals surface area (Å²) >= 11 is 0. The largest absolute Gasteiger partial charge is 0.372 e. The van der Waals surface area contributed by atoms with Crippen molar-refractivity contribution >= 4 is 11.7 Å². The molecule has 0 spiro atoms. The molecule has 0 aromatic carbocycles. The third-order valence-corrected chi connectivity index (χ3v) is 4.30. The minimum absolute atomic E-state index is 0.0415. The Bertz CT molecular complexity index is 702. The number of likely N-dealkylation sites (tertiary alicyclic amines) is 1. The minimum atomic E-state index is -0.0415. The number of anilines is 1. The molecular weight excluding hydrogens is 304 g/mol. The van der Waals surface area contributed by atoms with E-state index in [0.29, 0.717) is 18.2 Å². The van der Waals surface area contributed by atoms with E-state index in [2.05, 4.69) is 25.3 Å².